The van der Waals surface area contributed by atoms with Crippen molar-refractivity contribution in [2.45, 2.75) is 26.2 Å². The Hall–Kier alpha value is -6.10. The number of imidazole rings is 1. The molecule has 0 aliphatic rings. The van der Waals surface area contributed by atoms with Crippen molar-refractivity contribution in [1.82, 2.24) is 23.8 Å². The Labute approximate surface area is 325 Å². The monoisotopic (exact) mass is 876 g/mol. The minimum atomic E-state index is -0.0374. The molecular formula is C47H31N5OPt. The molecule has 0 aliphatic carbocycles. The summed E-state index contributed by atoms with van der Waals surface area (Å²) in [7, 11) is 0. The van der Waals surface area contributed by atoms with Crippen LogP contribution < -0.4 is 4.74 Å². The summed E-state index contributed by atoms with van der Waals surface area (Å²) < 4.78 is 11.1. The van der Waals surface area contributed by atoms with E-state index in [2.05, 4.69) is 121 Å². The zero-order valence-corrected chi connectivity index (χ0v) is 31.9. The second kappa shape index (κ2) is 12.0. The molecule has 0 saturated heterocycles. The molecule has 0 spiro atoms. The molecule has 0 N–H and O–H groups in total. The fourth-order valence-electron chi connectivity index (χ4n) is 8.25. The van der Waals surface area contributed by atoms with Gasteiger partial charge < -0.3 is 13.5 Å². The van der Waals surface area contributed by atoms with Crippen LogP contribution in [0.4, 0.5) is 0 Å². The van der Waals surface area contributed by atoms with E-state index in [-0.39, 0.29) is 26.5 Å². The number of rotatable bonds is 4. The standard InChI is InChI=1S/C47H31N5O.Pt/c1-47(2,3)38-23-25-49-46-40(38)36-17-10-16-34-33-22-20-31(27-39(33)51(46)43(34)36)53-30-19-21-32-35-18-11-24-48-44(35)52-42(29-14-8-5-9-15-29)41(28-12-6-4-7-13-28)50-45(52)37(32)26-30;/h4-25H,1-3H3;/q-2;+2. The molecule has 0 fully saturated rings. The Morgan fingerprint density at radius 3 is 2.02 bits per heavy atom. The minimum Gasteiger partial charge on any atom is -0.503 e. The van der Waals surface area contributed by atoms with Gasteiger partial charge in [0.2, 0.25) is 0 Å². The molecule has 6 heterocycles. The first kappa shape index (κ1) is 32.5. The number of pyridine rings is 3. The topological polar surface area (TPSA) is 56.7 Å². The molecule has 260 valence electrons. The Bertz CT molecular complexity index is 3230. The maximum atomic E-state index is 6.64. The van der Waals surface area contributed by atoms with Crippen molar-refractivity contribution in [3.8, 4) is 34.0 Å². The van der Waals surface area contributed by atoms with E-state index in [0.29, 0.717) is 11.5 Å². The fourth-order valence-corrected chi connectivity index (χ4v) is 8.25. The van der Waals surface area contributed by atoms with Crippen LogP contribution in [0.25, 0.3) is 88.2 Å². The van der Waals surface area contributed by atoms with Gasteiger partial charge in [0.25, 0.3) is 0 Å². The van der Waals surface area contributed by atoms with E-state index in [1.165, 1.54) is 21.7 Å². The molecule has 0 bridgehead atoms. The van der Waals surface area contributed by atoms with Crippen molar-refractivity contribution < 1.29 is 25.8 Å². The summed E-state index contributed by atoms with van der Waals surface area (Å²) >= 11 is 0. The summed E-state index contributed by atoms with van der Waals surface area (Å²) in [6, 6.07) is 49.0. The Morgan fingerprint density at radius 1 is 0.556 bits per heavy atom. The third-order valence-corrected chi connectivity index (χ3v) is 10.5. The SMILES string of the molecule is CC(C)(C)c1ccnc2c1c1cccc3c4ccc(Oc5[c-]c6c(cc5)c5cccnc5n5c(-c7ccccc7)c(-c7ccccc7)nc65)[c-]c4n2c31.[Pt+2]. The zero-order chi connectivity index (χ0) is 35.4. The number of hydrogen-bond donors (Lipinski definition) is 0. The van der Waals surface area contributed by atoms with E-state index < -0.39 is 0 Å². The second-order valence-corrected chi connectivity index (χ2v) is 14.7. The number of aromatic nitrogens is 5. The molecule has 0 radical (unpaired) electrons. The fraction of sp³-hybridized carbons (Fsp3) is 0.0851. The quantitative estimate of drug-likeness (QED) is 0.131. The van der Waals surface area contributed by atoms with E-state index in [4.69, 9.17) is 19.7 Å². The summed E-state index contributed by atoms with van der Waals surface area (Å²) in [6.45, 7) is 6.77. The van der Waals surface area contributed by atoms with Gasteiger partial charge in [0.1, 0.15) is 11.3 Å². The van der Waals surface area contributed by atoms with E-state index in [1.54, 1.807) is 0 Å². The Kier molecular flexibility index (Phi) is 7.21. The van der Waals surface area contributed by atoms with E-state index in [9.17, 15) is 0 Å². The van der Waals surface area contributed by atoms with Crippen molar-refractivity contribution in [3.63, 3.8) is 0 Å². The molecule has 0 aliphatic heterocycles. The molecule has 6 aromatic heterocycles. The predicted molar refractivity (Wildman–Crippen MR) is 214 cm³/mol. The van der Waals surface area contributed by atoms with Crippen LogP contribution in [0.3, 0.4) is 0 Å². The van der Waals surface area contributed by atoms with Gasteiger partial charge >= 0.3 is 21.1 Å². The largest absolute Gasteiger partial charge is 2.00 e. The zero-order valence-electron chi connectivity index (χ0n) is 29.7. The van der Waals surface area contributed by atoms with Crippen molar-refractivity contribution in [1.29, 1.82) is 0 Å². The summed E-state index contributed by atoms with van der Waals surface area (Å²) in [5.74, 6) is 1.18. The molecule has 11 rings (SSSR count). The predicted octanol–water partition coefficient (Wildman–Crippen LogP) is 11.6. The van der Waals surface area contributed by atoms with Gasteiger partial charge in [-0.05, 0) is 33.9 Å². The van der Waals surface area contributed by atoms with Gasteiger partial charge in [-0.25, -0.2) is 9.97 Å². The van der Waals surface area contributed by atoms with Crippen LogP contribution in [0.15, 0.2) is 134 Å². The second-order valence-electron chi connectivity index (χ2n) is 14.7. The van der Waals surface area contributed by atoms with E-state index >= 15 is 0 Å². The molecule has 0 atom stereocenters. The number of hydrogen-bond acceptors (Lipinski definition) is 4. The number of para-hydroxylation sites is 1. The van der Waals surface area contributed by atoms with Gasteiger partial charge in [0.05, 0.1) is 17.0 Å². The molecule has 0 amide bonds. The molecule has 7 heteroatoms. The van der Waals surface area contributed by atoms with Crippen LogP contribution in [0.1, 0.15) is 26.3 Å². The summed E-state index contributed by atoms with van der Waals surface area (Å²) in [6.07, 6.45) is 3.77. The van der Waals surface area contributed by atoms with Gasteiger partial charge in [0, 0.05) is 51.3 Å². The van der Waals surface area contributed by atoms with Crippen molar-refractivity contribution in [3.05, 3.63) is 151 Å². The van der Waals surface area contributed by atoms with Gasteiger partial charge in [-0.1, -0.05) is 128 Å². The molecule has 6 nitrogen and oxygen atoms in total. The number of fused-ring (bicyclic) bond motifs is 12. The molecule has 0 unspecified atom stereocenters. The smallest absolute Gasteiger partial charge is 0.503 e. The van der Waals surface area contributed by atoms with Crippen LogP contribution in [-0.2, 0) is 26.5 Å². The van der Waals surface area contributed by atoms with Crippen LogP contribution in [0, 0.1) is 12.1 Å². The number of ether oxygens (including phenoxy) is 1. The van der Waals surface area contributed by atoms with Crippen LogP contribution in [-0.4, -0.2) is 23.8 Å². The summed E-state index contributed by atoms with van der Waals surface area (Å²) in [5, 5.41) is 7.58. The first-order valence-corrected chi connectivity index (χ1v) is 17.9. The third kappa shape index (κ3) is 4.66. The maximum absolute atomic E-state index is 6.64. The average Bonchev–Trinajstić information content (AvgIpc) is 3.86. The van der Waals surface area contributed by atoms with Gasteiger partial charge in [-0.2, -0.15) is 6.07 Å². The molecule has 5 aromatic carbocycles. The molecule has 54 heavy (non-hydrogen) atoms. The van der Waals surface area contributed by atoms with Gasteiger partial charge in [-0.3, -0.25) is 4.98 Å². The number of nitrogens with zero attached hydrogens (tertiary/aromatic N) is 5. The Morgan fingerprint density at radius 2 is 1.24 bits per heavy atom. The average molecular weight is 877 g/mol. The maximum Gasteiger partial charge on any atom is 2.00 e. The molecule has 11 aromatic rings. The Balaban J connectivity index is 0.00000361. The number of benzene rings is 5. The first-order valence-electron chi connectivity index (χ1n) is 17.9. The van der Waals surface area contributed by atoms with Crippen LogP contribution in [0.5, 0.6) is 11.5 Å². The van der Waals surface area contributed by atoms with Crippen molar-refractivity contribution in [2.75, 3.05) is 0 Å². The van der Waals surface area contributed by atoms with Gasteiger partial charge in [0.15, 0.2) is 0 Å². The molecule has 0 saturated carbocycles. The minimum absolute atomic E-state index is 0. The third-order valence-electron chi connectivity index (χ3n) is 10.5. The van der Waals surface area contributed by atoms with E-state index in [0.717, 1.165) is 72.0 Å². The molecular weight excluding hydrogens is 846 g/mol. The normalized spacial score (nSPS) is 12.2. The van der Waals surface area contributed by atoms with Crippen molar-refractivity contribution in [2.24, 2.45) is 0 Å². The van der Waals surface area contributed by atoms with Crippen LogP contribution in [0.2, 0.25) is 0 Å². The van der Waals surface area contributed by atoms with Crippen LogP contribution >= 0.6 is 0 Å². The van der Waals surface area contributed by atoms with E-state index in [1.807, 2.05) is 54.9 Å². The summed E-state index contributed by atoms with van der Waals surface area (Å²) in [5.41, 5.74) is 9.85. The summed E-state index contributed by atoms with van der Waals surface area (Å²) in [4.78, 5) is 15.2. The first-order chi connectivity index (χ1) is 25.9. The van der Waals surface area contributed by atoms with Gasteiger partial charge in [-0.15, -0.1) is 29.7 Å². The van der Waals surface area contributed by atoms with Crippen molar-refractivity contribution >= 4 is 65.7 Å².